The molecular weight excluding hydrogens is 252 g/mol. The topological polar surface area (TPSA) is 68.3 Å². The second kappa shape index (κ2) is 5.42. The number of hydrogen-bond acceptors (Lipinski definition) is 5. The lowest BCUT2D eigenvalue weighted by Crippen LogP contribution is -2.15. The van der Waals surface area contributed by atoms with E-state index in [0.717, 1.165) is 0 Å². The van der Waals surface area contributed by atoms with Crippen molar-refractivity contribution in [2.75, 3.05) is 12.4 Å². The maximum atomic E-state index is 11.9. The van der Waals surface area contributed by atoms with Crippen LogP contribution in [0, 0.1) is 0 Å². The van der Waals surface area contributed by atoms with Gasteiger partial charge in [-0.15, -0.1) is 11.3 Å². The molecule has 6 heteroatoms. The zero-order valence-electron chi connectivity index (χ0n) is 9.54. The molecule has 0 aromatic carbocycles. The zero-order valence-corrected chi connectivity index (χ0v) is 10.4. The minimum Gasteiger partial charge on any atom is -0.465 e. The number of thiophene rings is 1. The second-order valence-corrected chi connectivity index (χ2v) is 4.24. The average Bonchev–Trinajstić information content (AvgIpc) is 2.87. The van der Waals surface area contributed by atoms with Gasteiger partial charge in [0.2, 0.25) is 0 Å². The molecule has 2 aromatic rings. The van der Waals surface area contributed by atoms with E-state index in [4.69, 9.17) is 0 Å². The lowest BCUT2D eigenvalue weighted by atomic mass is 10.3. The highest BCUT2D eigenvalue weighted by atomic mass is 32.1. The summed E-state index contributed by atoms with van der Waals surface area (Å²) < 4.78 is 4.63. The van der Waals surface area contributed by atoms with Gasteiger partial charge < -0.3 is 10.1 Å². The molecule has 18 heavy (non-hydrogen) atoms. The van der Waals surface area contributed by atoms with Crippen molar-refractivity contribution in [1.29, 1.82) is 0 Å². The molecule has 1 N–H and O–H groups in total. The number of pyridine rings is 1. The number of nitrogens with zero attached hydrogens (tertiary/aromatic N) is 1. The molecule has 2 heterocycles. The van der Waals surface area contributed by atoms with E-state index in [1.54, 1.807) is 29.6 Å². The summed E-state index contributed by atoms with van der Waals surface area (Å²) in [6.07, 6.45) is 1.53. The van der Waals surface area contributed by atoms with Crippen molar-refractivity contribution in [1.82, 2.24) is 4.98 Å². The Kier molecular flexibility index (Phi) is 3.69. The average molecular weight is 262 g/mol. The molecule has 0 fully saturated rings. The van der Waals surface area contributed by atoms with Gasteiger partial charge in [0.25, 0.3) is 5.91 Å². The third-order valence-corrected chi connectivity index (χ3v) is 3.08. The summed E-state index contributed by atoms with van der Waals surface area (Å²) in [6.45, 7) is 0. The van der Waals surface area contributed by atoms with Crippen molar-refractivity contribution in [3.8, 4) is 0 Å². The molecule has 0 atom stereocenters. The molecule has 0 saturated heterocycles. The summed E-state index contributed by atoms with van der Waals surface area (Å²) in [7, 11) is 1.30. The normalized spacial score (nSPS) is 9.83. The van der Waals surface area contributed by atoms with Gasteiger partial charge in [0.1, 0.15) is 10.6 Å². The van der Waals surface area contributed by atoms with Crippen molar-refractivity contribution in [3.63, 3.8) is 0 Å². The SMILES string of the molecule is COC(=O)c1sccc1NC(=O)c1ccccn1. The quantitative estimate of drug-likeness (QED) is 0.861. The summed E-state index contributed by atoms with van der Waals surface area (Å²) >= 11 is 1.21. The first-order valence-corrected chi connectivity index (χ1v) is 5.98. The maximum absolute atomic E-state index is 11.9. The predicted octanol–water partition coefficient (Wildman–Crippen LogP) is 2.18. The molecular formula is C12H10N2O3S. The van der Waals surface area contributed by atoms with Gasteiger partial charge in [-0.3, -0.25) is 9.78 Å². The Labute approximate surface area is 107 Å². The Morgan fingerprint density at radius 1 is 1.33 bits per heavy atom. The number of esters is 1. The molecule has 5 nitrogen and oxygen atoms in total. The van der Waals surface area contributed by atoms with Gasteiger partial charge >= 0.3 is 5.97 Å². The van der Waals surface area contributed by atoms with Gasteiger partial charge in [0.05, 0.1) is 12.8 Å². The number of carbonyl (C=O) groups excluding carboxylic acids is 2. The predicted molar refractivity (Wildman–Crippen MR) is 67.8 cm³/mol. The fourth-order valence-electron chi connectivity index (χ4n) is 1.34. The largest absolute Gasteiger partial charge is 0.465 e. The lowest BCUT2D eigenvalue weighted by molar-refractivity contribution is 0.0607. The van der Waals surface area contributed by atoms with Crippen LogP contribution in [0.5, 0.6) is 0 Å². The number of aromatic nitrogens is 1. The third kappa shape index (κ3) is 2.54. The summed E-state index contributed by atoms with van der Waals surface area (Å²) in [4.78, 5) is 27.6. The number of nitrogens with one attached hydrogen (secondary N) is 1. The fraction of sp³-hybridized carbons (Fsp3) is 0.0833. The van der Waals surface area contributed by atoms with Crippen molar-refractivity contribution in [2.24, 2.45) is 0 Å². The van der Waals surface area contributed by atoms with E-state index >= 15 is 0 Å². The van der Waals surface area contributed by atoms with Crippen molar-refractivity contribution >= 4 is 28.9 Å². The van der Waals surface area contributed by atoms with Crippen LogP contribution in [0.3, 0.4) is 0 Å². The van der Waals surface area contributed by atoms with Crippen LogP contribution in [0.25, 0.3) is 0 Å². The minimum atomic E-state index is -0.471. The van der Waals surface area contributed by atoms with Crippen LogP contribution < -0.4 is 5.32 Å². The molecule has 0 bridgehead atoms. The molecule has 0 aliphatic heterocycles. The van der Waals surface area contributed by atoms with Gasteiger partial charge in [0, 0.05) is 6.20 Å². The van der Waals surface area contributed by atoms with Gasteiger partial charge in [-0.05, 0) is 23.6 Å². The van der Waals surface area contributed by atoms with E-state index in [0.29, 0.717) is 16.3 Å². The van der Waals surface area contributed by atoms with Crippen LogP contribution in [0.2, 0.25) is 0 Å². The number of ether oxygens (including phenoxy) is 1. The highest BCUT2D eigenvalue weighted by Crippen LogP contribution is 2.23. The van der Waals surface area contributed by atoms with Crippen LogP contribution in [-0.2, 0) is 4.74 Å². The number of methoxy groups -OCH3 is 1. The first kappa shape index (κ1) is 12.3. The molecule has 0 aliphatic rings. The maximum Gasteiger partial charge on any atom is 0.350 e. The number of carbonyl (C=O) groups is 2. The van der Waals surface area contributed by atoms with E-state index in [2.05, 4.69) is 15.0 Å². The van der Waals surface area contributed by atoms with E-state index in [-0.39, 0.29) is 5.91 Å². The van der Waals surface area contributed by atoms with Crippen molar-refractivity contribution in [2.45, 2.75) is 0 Å². The summed E-state index contributed by atoms with van der Waals surface area (Å²) in [5.74, 6) is -0.833. The molecule has 0 spiro atoms. The fourth-order valence-corrected chi connectivity index (χ4v) is 2.11. The van der Waals surface area contributed by atoms with E-state index in [9.17, 15) is 9.59 Å². The molecule has 2 rings (SSSR count). The Morgan fingerprint density at radius 2 is 2.17 bits per heavy atom. The number of rotatable bonds is 3. The smallest absolute Gasteiger partial charge is 0.350 e. The zero-order chi connectivity index (χ0) is 13.0. The first-order chi connectivity index (χ1) is 8.72. The van der Waals surface area contributed by atoms with Crippen molar-refractivity contribution in [3.05, 3.63) is 46.4 Å². The highest BCUT2D eigenvalue weighted by molar-refractivity contribution is 7.12. The van der Waals surface area contributed by atoms with E-state index < -0.39 is 5.97 Å². The molecule has 92 valence electrons. The Bertz CT molecular complexity index is 566. The molecule has 0 radical (unpaired) electrons. The summed E-state index contributed by atoms with van der Waals surface area (Å²) in [6, 6.07) is 6.69. The highest BCUT2D eigenvalue weighted by Gasteiger charge is 2.16. The summed E-state index contributed by atoms with van der Waals surface area (Å²) in [5, 5.41) is 4.34. The minimum absolute atomic E-state index is 0.291. The van der Waals surface area contributed by atoms with Gasteiger partial charge in [-0.2, -0.15) is 0 Å². The summed E-state index contributed by atoms with van der Waals surface area (Å²) in [5.41, 5.74) is 0.724. The van der Waals surface area contributed by atoms with E-state index in [1.165, 1.54) is 24.6 Å². The van der Waals surface area contributed by atoms with Crippen LogP contribution >= 0.6 is 11.3 Å². The van der Waals surface area contributed by atoms with Gasteiger partial charge in [-0.25, -0.2) is 4.79 Å². The van der Waals surface area contributed by atoms with E-state index in [1.807, 2.05) is 0 Å². The Morgan fingerprint density at radius 3 is 2.83 bits per heavy atom. The van der Waals surface area contributed by atoms with Crippen LogP contribution in [0.4, 0.5) is 5.69 Å². The monoisotopic (exact) mass is 262 g/mol. The van der Waals surface area contributed by atoms with Gasteiger partial charge in [-0.1, -0.05) is 6.07 Å². The second-order valence-electron chi connectivity index (χ2n) is 3.32. The lowest BCUT2D eigenvalue weighted by Gasteiger charge is -2.04. The molecule has 1 amide bonds. The number of amides is 1. The van der Waals surface area contributed by atoms with Crippen LogP contribution in [0.15, 0.2) is 35.8 Å². The first-order valence-electron chi connectivity index (χ1n) is 5.10. The standard InChI is InChI=1S/C12H10N2O3S/c1-17-12(16)10-8(5-7-18-10)14-11(15)9-4-2-3-6-13-9/h2-7H,1H3,(H,14,15). The van der Waals surface area contributed by atoms with Crippen LogP contribution in [0.1, 0.15) is 20.2 Å². The van der Waals surface area contributed by atoms with Crippen molar-refractivity contribution < 1.29 is 14.3 Å². The number of hydrogen-bond donors (Lipinski definition) is 1. The Balaban J connectivity index is 2.18. The molecule has 0 unspecified atom stereocenters. The van der Waals surface area contributed by atoms with Gasteiger partial charge in [0.15, 0.2) is 0 Å². The third-order valence-electron chi connectivity index (χ3n) is 2.18. The molecule has 0 saturated carbocycles. The molecule has 2 aromatic heterocycles. The number of anilines is 1. The molecule has 0 aliphatic carbocycles. The van der Waals surface area contributed by atoms with Crippen LogP contribution in [-0.4, -0.2) is 24.0 Å². The Hall–Kier alpha value is -2.21.